The van der Waals surface area contributed by atoms with E-state index < -0.39 is 0 Å². The standard InChI is InChI=1S/C20H21N5O2/c21-19-20(27)25(15-4-2-8-23-11-15)12-17(24-19)16-9-13(5-6-18(16)26)14-3-1-7-22-10-14/h1,3,5-7,9-10,12,15,23,26H,2,4,8,11H2,(H2,21,24). The van der Waals surface area contributed by atoms with Crippen LogP contribution in [-0.2, 0) is 0 Å². The summed E-state index contributed by atoms with van der Waals surface area (Å²) in [6.07, 6.45) is 7.06. The number of phenolic OH excluding ortho intramolecular Hbond substituents is 1. The Balaban J connectivity index is 1.81. The molecule has 4 rings (SSSR count). The summed E-state index contributed by atoms with van der Waals surface area (Å²) in [5.41, 5.74) is 8.44. The maximum atomic E-state index is 12.5. The van der Waals surface area contributed by atoms with E-state index in [-0.39, 0.29) is 23.2 Å². The average molecular weight is 363 g/mol. The number of hydrogen-bond acceptors (Lipinski definition) is 6. The first-order valence-corrected chi connectivity index (χ1v) is 8.96. The van der Waals surface area contributed by atoms with Crippen LogP contribution in [0.25, 0.3) is 22.4 Å². The predicted molar refractivity (Wildman–Crippen MR) is 104 cm³/mol. The third kappa shape index (κ3) is 3.41. The molecule has 27 heavy (non-hydrogen) atoms. The van der Waals surface area contributed by atoms with Crippen LogP contribution < -0.4 is 16.6 Å². The molecule has 1 atom stereocenters. The van der Waals surface area contributed by atoms with Gasteiger partial charge in [-0.05, 0) is 43.1 Å². The molecule has 2 aromatic heterocycles. The van der Waals surface area contributed by atoms with Crippen LogP contribution in [0.15, 0.2) is 53.7 Å². The number of nitrogens with zero attached hydrogens (tertiary/aromatic N) is 3. The second kappa shape index (κ2) is 7.20. The van der Waals surface area contributed by atoms with Crippen molar-refractivity contribution in [2.75, 3.05) is 18.8 Å². The minimum Gasteiger partial charge on any atom is -0.507 e. The Morgan fingerprint density at radius 1 is 1.26 bits per heavy atom. The van der Waals surface area contributed by atoms with Gasteiger partial charge in [0.1, 0.15) is 5.75 Å². The second-order valence-corrected chi connectivity index (χ2v) is 6.70. The van der Waals surface area contributed by atoms with Crippen molar-refractivity contribution in [3.8, 4) is 28.1 Å². The molecule has 0 aliphatic carbocycles. The summed E-state index contributed by atoms with van der Waals surface area (Å²) in [7, 11) is 0. The third-order valence-electron chi connectivity index (χ3n) is 4.89. The fraction of sp³-hybridized carbons (Fsp3) is 0.250. The summed E-state index contributed by atoms with van der Waals surface area (Å²) in [6.45, 7) is 1.66. The monoisotopic (exact) mass is 363 g/mol. The molecule has 7 nitrogen and oxygen atoms in total. The minimum atomic E-state index is -0.296. The van der Waals surface area contributed by atoms with Gasteiger partial charge in [0.25, 0.3) is 5.56 Å². The number of nitrogens with two attached hydrogens (primary N) is 1. The Hall–Kier alpha value is -3.19. The summed E-state index contributed by atoms with van der Waals surface area (Å²) in [5.74, 6) is 0.0192. The van der Waals surface area contributed by atoms with Gasteiger partial charge in [0.05, 0.1) is 5.69 Å². The van der Waals surface area contributed by atoms with Crippen molar-refractivity contribution in [1.82, 2.24) is 19.9 Å². The van der Waals surface area contributed by atoms with E-state index in [9.17, 15) is 9.90 Å². The van der Waals surface area contributed by atoms with Gasteiger partial charge in [-0.2, -0.15) is 0 Å². The first kappa shape index (κ1) is 17.2. The van der Waals surface area contributed by atoms with E-state index >= 15 is 0 Å². The Morgan fingerprint density at radius 2 is 2.15 bits per heavy atom. The fourth-order valence-corrected chi connectivity index (χ4v) is 3.46. The molecular formula is C20H21N5O2. The van der Waals surface area contributed by atoms with Crippen molar-refractivity contribution in [3.05, 3.63) is 59.3 Å². The zero-order valence-electron chi connectivity index (χ0n) is 14.8. The lowest BCUT2D eigenvalue weighted by Crippen LogP contribution is -2.37. The molecule has 0 spiro atoms. The molecule has 0 saturated carbocycles. The zero-order chi connectivity index (χ0) is 18.8. The molecule has 3 heterocycles. The lowest BCUT2D eigenvalue weighted by Gasteiger charge is -2.25. The highest BCUT2D eigenvalue weighted by Gasteiger charge is 2.19. The van der Waals surface area contributed by atoms with Crippen LogP contribution in [0.1, 0.15) is 18.9 Å². The summed E-state index contributed by atoms with van der Waals surface area (Å²) in [6, 6.07) is 9.10. The van der Waals surface area contributed by atoms with E-state index in [4.69, 9.17) is 5.73 Å². The molecular weight excluding hydrogens is 342 g/mol. The molecule has 1 aromatic carbocycles. The molecule has 138 valence electrons. The highest BCUT2D eigenvalue weighted by molar-refractivity contribution is 5.75. The molecule has 0 amide bonds. The number of rotatable bonds is 3. The number of pyridine rings is 1. The first-order valence-electron chi connectivity index (χ1n) is 8.96. The van der Waals surface area contributed by atoms with E-state index in [1.807, 2.05) is 24.3 Å². The number of hydrogen-bond donors (Lipinski definition) is 3. The largest absolute Gasteiger partial charge is 0.507 e. The second-order valence-electron chi connectivity index (χ2n) is 6.70. The molecule has 1 aliphatic heterocycles. The van der Waals surface area contributed by atoms with Crippen molar-refractivity contribution >= 4 is 5.82 Å². The van der Waals surface area contributed by atoms with Gasteiger partial charge >= 0.3 is 0 Å². The normalized spacial score (nSPS) is 17.0. The lowest BCUT2D eigenvalue weighted by molar-refractivity contribution is 0.364. The number of piperidine rings is 1. The van der Waals surface area contributed by atoms with Gasteiger partial charge in [-0.15, -0.1) is 0 Å². The molecule has 0 radical (unpaired) electrons. The molecule has 4 N–H and O–H groups in total. The number of aromatic hydroxyl groups is 1. The van der Waals surface area contributed by atoms with Crippen molar-refractivity contribution in [3.63, 3.8) is 0 Å². The predicted octanol–water partition coefficient (Wildman–Crippen LogP) is 2.18. The van der Waals surface area contributed by atoms with Crippen LogP contribution in [0.4, 0.5) is 5.82 Å². The SMILES string of the molecule is Nc1nc(-c2cc(-c3cccnc3)ccc2O)cn(C2CCCNC2)c1=O. The van der Waals surface area contributed by atoms with E-state index in [0.717, 1.165) is 30.5 Å². The van der Waals surface area contributed by atoms with Crippen molar-refractivity contribution < 1.29 is 5.11 Å². The molecule has 1 saturated heterocycles. The number of benzene rings is 1. The third-order valence-corrected chi connectivity index (χ3v) is 4.89. The van der Waals surface area contributed by atoms with Crippen LogP contribution in [0.2, 0.25) is 0 Å². The highest BCUT2D eigenvalue weighted by atomic mass is 16.3. The topological polar surface area (TPSA) is 106 Å². The number of aromatic nitrogens is 3. The quantitative estimate of drug-likeness (QED) is 0.659. The summed E-state index contributed by atoms with van der Waals surface area (Å²) in [4.78, 5) is 20.9. The summed E-state index contributed by atoms with van der Waals surface area (Å²) in [5, 5.41) is 13.7. The fourth-order valence-electron chi connectivity index (χ4n) is 3.46. The van der Waals surface area contributed by atoms with Crippen molar-refractivity contribution in [2.24, 2.45) is 0 Å². The summed E-state index contributed by atoms with van der Waals surface area (Å²) < 4.78 is 1.64. The van der Waals surface area contributed by atoms with Crippen LogP contribution in [-0.4, -0.2) is 32.7 Å². The van der Waals surface area contributed by atoms with E-state index in [0.29, 0.717) is 17.8 Å². The Bertz CT molecular complexity index is 1010. The maximum Gasteiger partial charge on any atom is 0.293 e. The van der Waals surface area contributed by atoms with Gasteiger partial charge in [0.15, 0.2) is 5.82 Å². The Kier molecular flexibility index (Phi) is 4.60. The molecule has 0 bridgehead atoms. The van der Waals surface area contributed by atoms with Gasteiger partial charge in [-0.3, -0.25) is 9.78 Å². The van der Waals surface area contributed by atoms with Crippen LogP contribution in [0.3, 0.4) is 0 Å². The van der Waals surface area contributed by atoms with E-state index in [1.165, 1.54) is 0 Å². The number of nitrogen functional groups attached to an aromatic ring is 1. The van der Waals surface area contributed by atoms with Crippen LogP contribution in [0.5, 0.6) is 5.75 Å². The first-order chi connectivity index (χ1) is 13.1. The van der Waals surface area contributed by atoms with Crippen LogP contribution in [0, 0.1) is 0 Å². The molecule has 7 heteroatoms. The smallest absolute Gasteiger partial charge is 0.293 e. The Labute approximate surface area is 156 Å². The number of anilines is 1. The average Bonchev–Trinajstić information content (AvgIpc) is 2.72. The van der Waals surface area contributed by atoms with E-state index in [2.05, 4.69) is 15.3 Å². The van der Waals surface area contributed by atoms with Crippen molar-refractivity contribution in [2.45, 2.75) is 18.9 Å². The molecule has 1 unspecified atom stereocenters. The van der Waals surface area contributed by atoms with Gasteiger partial charge in [-0.25, -0.2) is 4.98 Å². The van der Waals surface area contributed by atoms with Gasteiger partial charge in [0, 0.05) is 42.3 Å². The van der Waals surface area contributed by atoms with Crippen molar-refractivity contribution in [1.29, 1.82) is 0 Å². The minimum absolute atomic E-state index is 0.0268. The maximum absolute atomic E-state index is 12.5. The van der Waals surface area contributed by atoms with E-state index in [1.54, 1.807) is 29.2 Å². The molecule has 1 aliphatic rings. The number of phenols is 1. The van der Waals surface area contributed by atoms with Gasteiger partial charge < -0.3 is 20.7 Å². The molecule has 3 aromatic rings. The highest BCUT2D eigenvalue weighted by Crippen LogP contribution is 2.33. The van der Waals surface area contributed by atoms with Crippen LogP contribution >= 0.6 is 0 Å². The lowest BCUT2D eigenvalue weighted by atomic mass is 10.0. The van der Waals surface area contributed by atoms with Gasteiger partial charge in [-0.1, -0.05) is 12.1 Å². The molecule has 1 fully saturated rings. The summed E-state index contributed by atoms with van der Waals surface area (Å²) >= 11 is 0. The van der Waals surface area contributed by atoms with Gasteiger partial charge in [0.2, 0.25) is 0 Å². The number of nitrogens with one attached hydrogen (secondary N) is 1. The zero-order valence-corrected chi connectivity index (χ0v) is 14.8. The Morgan fingerprint density at radius 3 is 2.89 bits per heavy atom.